The summed E-state index contributed by atoms with van der Waals surface area (Å²) in [6.07, 6.45) is 4.90. The second-order valence-electron chi connectivity index (χ2n) is 5.84. The fraction of sp³-hybridized carbons (Fsp3) is 0.150. The molecule has 0 aliphatic rings. The number of benzene rings is 2. The lowest BCUT2D eigenvalue weighted by atomic mass is 10.1. The van der Waals surface area contributed by atoms with Gasteiger partial charge < -0.3 is 10.6 Å². The van der Waals surface area contributed by atoms with Crippen molar-refractivity contribution in [3.05, 3.63) is 85.0 Å². The highest BCUT2D eigenvalue weighted by Crippen LogP contribution is 2.19. The van der Waals surface area contributed by atoms with E-state index in [0.717, 1.165) is 16.9 Å². The molecule has 132 valence electrons. The van der Waals surface area contributed by atoms with Gasteiger partial charge in [0.2, 0.25) is 0 Å². The van der Waals surface area contributed by atoms with Crippen molar-refractivity contribution in [2.75, 3.05) is 11.9 Å². The van der Waals surface area contributed by atoms with Crippen LogP contribution in [-0.4, -0.2) is 27.2 Å². The average molecular weight is 347 g/mol. The molecule has 26 heavy (non-hydrogen) atoms. The summed E-state index contributed by atoms with van der Waals surface area (Å²) in [5.74, 6) is -0.120. The Labute approximate surface area is 152 Å². The molecule has 0 fully saturated rings. The second-order valence-corrected chi connectivity index (χ2v) is 5.84. The van der Waals surface area contributed by atoms with Crippen LogP contribution in [0.1, 0.15) is 28.9 Å². The Kier molecular flexibility index (Phi) is 5.43. The molecule has 3 rings (SSSR count). The van der Waals surface area contributed by atoms with Crippen molar-refractivity contribution in [3.8, 4) is 5.69 Å². The summed E-state index contributed by atoms with van der Waals surface area (Å²) in [4.78, 5) is 16.6. The minimum atomic E-state index is -0.125. The van der Waals surface area contributed by atoms with Crippen LogP contribution in [0.25, 0.3) is 5.69 Å². The van der Waals surface area contributed by atoms with E-state index in [-0.39, 0.29) is 11.9 Å². The van der Waals surface area contributed by atoms with Crippen LogP contribution in [0.15, 0.2) is 73.8 Å². The molecule has 6 heteroatoms. The molecule has 1 atom stereocenters. The van der Waals surface area contributed by atoms with E-state index in [2.05, 4.69) is 27.3 Å². The van der Waals surface area contributed by atoms with Gasteiger partial charge in [-0.3, -0.25) is 4.79 Å². The number of rotatable bonds is 7. The minimum absolute atomic E-state index is 0.120. The summed E-state index contributed by atoms with van der Waals surface area (Å²) in [6.45, 7) is 6.25. The van der Waals surface area contributed by atoms with Gasteiger partial charge in [0, 0.05) is 12.2 Å². The largest absolute Gasteiger partial charge is 0.381 e. The number of nitrogens with one attached hydrogen (secondary N) is 2. The maximum absolute atomic E-state index is 12.7. The molecule has 0 unspecified atom stereocenters. The van der Waals surface area contributed by atoms with E-state index in [4.69, 9.17) is 0 Å². The summed E-state index contributed by atoms with van der Waals surface area (Å²) in [7, 11) is 0. The highest BCUT2D eigenvalue weighted by Gasteiger charge is 2.14. The van der Waals surface area contributed by atoms with Crippen LogP contribution in [0.5, 0.6) is 0 Å². The Bertz CT molecular complexity index is 871. The Morgan fingerprint density at radius 3 is 2.69 bits per heavy atom. The molecule has 2 aromatic carbocycles. The van der Waals surface area contributed by atoms with Crippen LogP contribution >= 0.6 is 0 Å². The van der Waals surface area contributed by atoms with Gasteiger partial charge in [-0.1, -0.05) is 30.3 Å². The number of carbonyl (C=O) groups is 1. The zero-order chi connectivity index (χ0) is 18.4. The predicted octanol–water partition coefficient (Wildman–Crippen LogP) is 3.36. The number of carbonyl (C=O) groups excluding carboxylic acids is 1. The average Bonchev–Trinajstić information content (AvgIpc) is 3.21. The first-order valence-corrected chi connectivity index (χ1v) is 8.38. The lowest BCUT2D eigenvalue weighted by Crippen LogP contribution is -2.27. The Hall–Kier alpha value is -3.41. The number of hydrogen-bond donors (Lipinski definition) is 2. The molecule has 0 saturated heterocycles. The van der Waals surface area contributed by atoms with Gasteiger partial charge in [0.25, 0.3) is 5.91 Å². The second kappa shape index (κ2) is 8.11. The zero-order valence-corrected chi connectivity index (χ0v) is 14.6. The van der Waals surface area contributed by atoms with Gasteiger partial charge in [-0.25, -0.2) is 9.67 Å². The molecule has 0 bridgehead atoms. The third kappa shape index (κ3) is 3.97. The summed E-state index contributed by atoms with van der Waals surface area (Å²) in [5.41, 5.74) is 3.33. The maximum atomic E-state index is 12.7. The van der Waals surface area contributed by atoms with Gasteiger partial charge >= 0.3 is 0 Å². The van der Waals surface area contributed by atoms with Gasteiger partial charge in [-0.2, -0.15) is 5.10 Å². The third-order valence-corrected chi connectivity index (χ3v) is 4.03. The van der Waals surface area contributed by atoms with E-state index in [9.17, 15) is 4.79 Å². The van der Waals surface area contributed by atoms with Crippen molar-refractivity contribution in [1.29, 1.82) is 0 Å². The SMILES string of the molecule is C=CCNc1ccccc1C(=O)N[C@@H](C)c1ccc(-n2cncn2)cc1. The predicted molar refractivity (Wildman–Crippen MR) is 102 cm³/mol. The number of aromatic nitrogens is 3. The van der Waals surface area contributed by atoms with Crippen LogP contribution in [0.4, 0.5) is 5.69 Å². The fourth-order valence-corrected chi connectivity index (χ4v) is 2.63. The molecule has 1 amide bonds. The van der Waals surface area contributed by atoms with Gasteiger partial charge in [-0.05, 0) is 36.8 Å². The summed E-state index contributed by atoms with van der Waals surface area (Å²) in [5, 5.41) is 10.3. The highest BCUT2D eigenvalue weighted by molar-refractivity contribution is 5.99. The van der Waals surface area contributed by atoms with Gasteiger partial charge in [0.05, 0.1) is 17.3 Å². The molecule has 0 spiro atoms. The van der Waals surface area contributed by atoms with Crippen LogP contribution < -0.4 is 10.6 Å². The van der Waals surface area contributed by atoms with Crippen LogP contribution in [0.3, 0.4) is 0 Å². The fourth-order valence-electron chi connectivity index (χ4n) is 2.63. The molecule has 2 N–H and O–H groups in total. The zero-order valence-electron chi connectivity index (χ0n) is 14.6. The minimum Gasteiger partial charge on any atom is -0.381 e. The molecule has 3 aromatic rings. The third-order valence-electron chi connectivity index (χ3n) is 4.03. The lowest BCUT2D eigenvalue weighted by Gasteiger charge is -2.17. The Morgan fingerprint density at radius 1 is 1.23 bits per heavy atom. The summed E-state index contributed by atoms with van der Waals surface area (Å²) >= 11 is 0. The van der Waals surface area contributed by atoms with Crippen LogP contribution in [-0.2, 0) is 0 Å². The first-order valence-electron chi connectivity index (χ1n) is 8.38. The van der Waals surface area contributed by atoms with Crippen LogP contribution in [0.2, 0.25) is 0 Å². The molecule has 1 heterocycles. The van der Waals surface area contributed by atoms with E-state index >= 15 is 0 Å². The number of anilines is 1. The summed E-state index contributed by atoms with van der Waals surface area (Å²) in [6, 6.07) is 15.2. The number of para-hydroxylation sites is 1. The van der Waals surface area contributed by atoms with Crippen molar-refractivity contribution in [2.45, 2.75) is 13.0 Å². The standard InChI is InChI=1S/C20H21N5O/c1-3-12-22-19-7-5-4-6-18(19)20(26)24-15(2)16-8-10-17(11-9-16)25-14-21-13-23-25/h3-11,13-15,22H,1,12H2,2H3,(H,24,26)/t15-/m0/s1. The molecule has 1 aromatic heterocycles. The van der Waals surface area contributed by atoms with Crippen molar-refractivity contribution in [2.24, 2.45) is 0 Å². The van der Waals surface area contributed by atoms with Crippen molar-refractivity contribution >= 4 is 11.6 Å². The molecule has 6 nitrogen and oxygen atoms in total. The lowest BCUT2D eigenvalue weighted by molar-refractivity contribution is 0.0940. The van der Waals surface area contributed by atoms with E-state index in [1.54, 1.807) is 23.2 Å². The quantitative estimate of drug-likeness (QED) is 0.643. The first-order chi connectivity index (χ1) is 12.7. The van der Waals surface area contributed by atoms with Gasteiger partial charge in [-0.15, -0.1) is 6.58 Å². The normalized spacial score (nSPS) is 11.6. The smallest absolute Gasteiger partial charge is 0.253 e. The van der Waals surface area contributed by atoms with Gasteiger partial charge in [0.15, 0.2) is 0 Å². The number of amides is 1. The molecule has 0 aliphatic heterocycles. The molecule has 0 radical (unpaired) electrons. The Morgan fingerprint density at radius 2 is 2.00 bits per heavy atom. The van der Waals surface area contributed by atoms with E-state index in [1.165, 1.54) is 6.33 Å². The topological polar surface area (TPSA) is 71.8 Å². The van der Waals surface area contributed by atoms with Crippen LogP contribution in [0, 0.1) is 0 Å². The first kappa shape index (κ1) is 17.4. The summed E-state index contributed by atoms with van der Waals surface area (Å²) < 4.78 is 1.69. The molecular weight excluding hydrogens is 326 g/mol. The van der Waals surface area contributed by atoms with E-state index < -0.39 is 0 Å². The van der Waals surface area contributed by atoms with Gasteiger partial charge in [0.1, 0.15) is 12.7 Å². The van der Waals surface area contributed by atoms with E-state index in [0.29, 0.717) is 12.1 Å². The molecule has 0 saturated carbocycles. The van der Waals surface area contributed by atoms with Crippen molar-refractivity contribution in [3.63, 3.8) is 0 Å². The molecule has 0 aliphatic carbocycles. The van der Waals surface area contributed by atoms with E-state index in [1.807, 2.05) is 49.4 Å². The van der Waals surface area contributed by atoms with Crippen molar-refractivity contribution in [1.82, 2.24) is 20.1 Å². The molecular formula is C20H21N5O. The highest BCUT2D eigenvalue weighted by atomic mass is 16.1. The number of hydrogen-bond acceptors (Lipinski definition) is 4. The van der Waals surface area contributed by atoms with Crippen molar-refractivity contribution < 1.29 is 4.79 Å². The Balaban J connectivity index is 1.70. The maximum Gasteiger partial charge on any atom is 0.253 e. The monoisotopic (exact) mass is 347 g/mol. The number of nitrogens with zero attached hydrogens (tertiary/aromatic N) is 3.